The molecule has 1 unspecified atom stereocenters. The Balaban J connectivity index is 1.90. The van der Waals surface area contributed by atoms with Gasteiger partial charge in [0.2, 0.25) is 0 Å². The molecule has 0 spiro atoms. The fourth-order valence-corrected chi connectivity index (χ4v) is 2.70. The van der Waals surface area contributed by atoms with Crippen molar-refractivity contribution < 1.29 is 18.7 Å². The molecule has 3 rings (SSSR count). The van der Waals surface area contributed by atoms with E-state index in [1.165, 1.54) is 53.2 Å². The number of aryl methyl sites for hydroxylation is 1. The number of carboxylic acids is 1. The minimum absolute atomic E-state index is 0.104. The highest BCUT2D eigenvalue weighted by atomic mass is 32.2. The summed E-state index contributed by atoms with van der Waals surface area (Å²) in [7, 11) is 0. The minimum atomic E-state index is -2.07. The van der Waals surface area contributed by atoms with Crippen LogP contribution in [0.1, 0.15) is 16.1 Å². The average Bonchev–Trinajstić information content (AvgIpc) is 2.94. The lowest BCUT2D eigenvalue weighted by atomic mass is 10.2. The van der Waals surface area contributed by atoms with E-state index in [4.69, 9.17) is 9.66 Å². The Hall–Kier alpha value is -3.37. The van der Waals surface area contributed by atoms with Crippen LogP contribution in [0.3, 0.4) is 0 Å². The molecular weight excluding hydrogens is 372 g/mol. The van der Waals surface area contributed by atoms with Crippen LogP contribution in [0.4, 0.5) is 11.4 Å². The van der Waals surface area contributed by atoms with Crippen LogP contribution in [-0.2, 0) is 11.1 Å². The van der Waals surface area contributed by atoms with Crippen molar-refractivity contribution >= 4 is 28.4 Å². The first kappa shape index (κ1) is 18.4. The van der Waals surface area contributed by atoms with Crippen molar-refractivity contribution in [2.24, 2.45) is 10.2 Å². The van der Waals surface area contributed by atoms with E-state index in [0.29, 0.717) is 17.1 Å². The second-order valence-electron chi connectivity index (χ2n) is 5.52. The monoisotopic (exact) mass is 386 g/mol. The Labute approximate surface area is 155 Å². The standard InChI is InChI=1S/C17H14N4O5S/c1-10-15(19-18-12-4-8-14(9-5-12)27(25)26)16(22)21(20-10)13-6-2-11(3-7-13)17(23)24/h2-9,20H,1H3,(H,23,24)(H,25,26). The van der Waals surface area contributed by atoms with Crippen LogP contribution in [0.15, 0.2) is 68.4 Å². The molecule has 1 heterocycles. The normalized spacial score (nSPS) is 12.4. The fraction of sp³-hybridized carbons (Fsp3) is 0.0588. The van der Waals surface area contributed by atoms with Gasteiger partial charge in [0.05, 0.1) is 27.5 Å². The summed E-state index contributed by atoms with van der Waals surface area (Å²) in [6.45, 7) is 1.66. The van der Waals surface area contributed by atoms with Gasteiger partial charge in [-0.15, -0.1) is 5.11 Å². The van der Waals surface area contributed by atoms with Crippen LogP contribution in [0.5, 0.6) is 0 Å². The van der Waals surface area contributed by atoms with Crippen molar-refractivity contribution in [3.63, 3.8) is 0 Å². The molecule has 10 heteroatoms. The first-order valence-electron chi connectivity index (χ1n) is 7.65. The third-order valence-electron chi connectivity index (χ3n) is 3.72. The van der Waals surface area contributed by atoms with Gasteiger partial charge in [0, 0.05) is 0 Å². The first-order valence-corrected chi connectivity index (χ1v) is 8.75. The molecular formula is C17H14N4O5S. The third-order valence-corrected chi connectivity index (χ3v) is 4.39. The zero-order chi connectivity index (χ0) is 19.6. The van der Waals surface area contributed by atoms with Gasteiger partial charge in [0.1, 0.15) is 0 Å². The number of nitrogens with zero attached hydrogens (tertiary/aromatic N) is 3. The summed E-state index contributed by atoms with van der Waals surface area (Å²) in [5.41, 5.74) is 1.15. The molecule has 0 aliphatic carbocycles. The van der Waals surface area contributed by atoms with Crippen LogP contribution in [0.2, 0.25) is 0 Å². The van der Waals surface area contributed by atoms with Gasteiger partial charge in [0.25, 0.3) is 5.56 Å². The molecule has 0 aliphatic rings. The molecule has 0 bridgehead atoms. The average molecular weight is 386 g/mol. The Morgan fingerprint density at radius 2 is 1.70 bits per heavy atom. The highest BCUT2D eigenvalue weighted by Gasteiger charge is 2.13. The van der Waals surface area contributed by atoms with E-state index in [1.54, 1.807) is 6.92 Å². The molecule has 9 nitrogen and oxygen atoms in total. The minimum Gasteiger partial charge on any atom is -0.478 e. The van der Waals surface area contributed by atoms with Crippen LogP contribution >= 0.6 is 0 Å². The van der Waals surface area contributed by atoms with Crippen molar-refractivity contribution in [3.05, 3.63) is 70.1 Å². The maximum absolute atomic E-state index is 12.6. The van der Waals surface area contributed by atoms with Gasteiger partial charge in [0.15, 0.2) is 16.8 Å². The second-order valence-corrected chi connectivity index (χ2v) is 6.49. The van der Waals surface area contributed by atoms with Gasteiger partial charge in [-0.3, -0.25) is 9.89 Å². The molecule has 0 saturated heterocycles. The van der Waals surface area contributed by atoms with E-state index in [-0.39, 0.29) is 16.1 Å². The number of rotatable bonds is 5. The maximum Gasteiger partial charge on any atom is 0.335 e. The number of aromatic carboxylic acids is 1. The summed E-state index contributed by atoms with van der Waals surface area (Å²) >= 11 is -2.07. The summed E-state index contributed by atoms with van der Waals surface area (Å²) in [4.78, 5) is 23.7. The van der Waals surface area contributed by atoms with Crippen LogP contribution in [0.25, 0.3) is 5.69 Å². The lowest BCUT2D eigenvalue weighted by Gasteiger charge is -2.01. The van der Waals surface area contributed by atoms with Crippen molar-refractivity contribution in [2.75, 3.05) is 0 Å². The van der Waals surface area contributed by atoms with E-state index in [2.05, 4.69) is 15.3 Å². The number of benzene rings is 2. The number of carbonyl (C=O) groups is 1. The number of nitrogens with one attached hydrogen (secondary N) is 1. The van der Waals surface area contributed by atoms with Gasteiger partial charge >= 0.3 is 5.97 Å². The molecule has 2 aromatic carbocycles. The van der Waals surface area contributed by atoms with Crippen molar-refractivity contribution in [2.45, 2.75) is 11.8 Å². The zero-order valence-corrected chi connectivity index (χ0v) is 14.8. The van der Waals surface area contributed by atoms with E-state index in [9.17, 15) is 13.8 Å². The highest BCUT2D eigenvalue weighted by Crippen LogP contribution is 2.20. The van der Waals surface area contributed by atoms with Gasteiger partial charge in [-0.25, -0.2) is 13.7 Å². The van der Waals surface area contributed by atoms with E-state index in [1.807, 2.05) is 0 Å². The predicted molar refractivity (Wildman–Crippen MR) is 97.7 cm³/mol. The Kier molecular flexibility index (Phi) is 5.10. The quantitative estimate of drug-likeness (QED) is 0.457. The Morgan fingerprint density at radius 1 is 1.07 bits per heavy atom. The summed E-state index contributed by atoms with van der Waals surface area (Å²) in [6, 6.07) is 11.7. The topological polar surface area (TPSA) is 137 Å². The van der Waals surface area contributed by atoms with Crippen LogP contribution in [-0.4, -0.2) is 29.6 Å². The summed E-state index contributed by atoms with van der Waals surface area (Å²) in [5, 5.41) is 19.8. The number of aromatic amines is 1. The van der Waals surface area contributed by atoms with Crippen molar-refractivity contribution in [1.82, 2.24) is 9.78 Å². The van der Waals surface area contributed by atoms with Crippen molar-refractivity contribution in [3.8, 4) is 5.69 Å². The lowest BCUT2D eigenvalue weighted by Crippen LogP contribution is -2.14. The van der Waals surface area contributed by atoms with Gasteiger partial charge in [-0.2, -0.15) is 5.11 Å². The number of hydrogen-bond acceptors (Lipinski definition) is 5. The first-order chi connectivity index (χ1) is 12.9. The van der Waals surface area contributed by atoms with E-state index in [0.717, 1.165) is 0 Å². The van der Waals surface area contributed by atoms with Crippen LogP contribution < -0.4 is 5.56 Å². The largest absolute Gasteiger partial charge is 0.478 e. The summed E-state index contributed by atoms with van der Waals surface area (Å²) in [6.07, 6.45) is 0. The molecule has 3 aromatic rings. The Bertz CT molecular complexity index is 1100. The lowest BCUT2D eigenvalue weighted by molar-refractivity contribution is 0.0697. The smallest absolute Gasteiger partial charge is 0.335 e. The zero-order valence-electron chi connectivity index (χ0n) is 14.0. The number of azo groups is 1. The second kappa shape index (κ2) is 7.48. The van der Waals surface area contributed by atoms with Gasteiger partial charge in [-0.05, 0) is 55.5 Å². The van der Waals surface area contributed by atoms with E-state index >= 15 is 0 Å². The summed E-state index contributed by atoms with van der Waals surface area (Å²) < 4.78 is 21.2. The molecule has 1 aromatic heterocycles. The molecule has 138 valence electrons. The third kappa shape index (κ3) is 3.91. The number of H-pyrrole nitrogens is 1. The SMILES string of the molecule is Cc1[nH]n(-c2ccc(C(=O)O)cc2)c(=O)c1N=Nc1ccc(S(=O)O)cc1. The van der Waals surface area contributed by atoms with E-state index < -0.39 is 22.6 Å². The molecule has 0 fully saturated rings. The molecule has 3 N–H and O–H groups in total. The van der Waals surface area contributed by atoms with Gasteiger partial charge < -0.3 is 9.66 Å². The van der Waals surface area contributed by atoms with Crippen molar-refractivity contribution in [1.29, 1.82) is 0 Å². The van der Waals surface area contributed by atoms with Crippen LogP contribution in [0, 0.1) is 6.92 Å². The predicted octanol–water partition coefficient (Wildman–Crippen LogP) is 3.17. The Morgan fingerprint density at radius 3 is 2.26 bits per heavy atom. The number of aromatic nitrogens is 2. The molecule has 0 radical (unpaired) electrons. The molecule has 27 heavy (non-hydrogen) atoms. The molecule has 1 atom stereocenters. The number of carboxylic acid groups (broad SMARTS) is 1. The summed E-state index contributed by atoms with van der Waals surface area (Å²) in [5.74, 6) is -1.05. The maximum atomic E-state index is 12.6. The fourth-order valence-electron chi connectivity index (χ4n) is 2.33. The highest BCUT2D eigenvalue weighted by molar-refractivity contribution is 7.79. The molecule has 0 amide bonds. The van der Waals surface area contributed by atoms with Gasteiger partial charge in [-0.1, -0.05) is 0 Å². The molecule has 0 aliphatic heterocycles. The number of hydrogen-bond donors (Lipinski definition) is 3. The molecule has 0 saturated carbocycles.